The molecular weight excluding hydrogens is 386 g/mol. The number of cyclic esters (lactones) is 1. The molecule has 0 spiro atoms. The SMILES string of the molecule is C[C@]12CC[C@H]3[C@@H](CC[C@]4(O)C[C@@H](O)CC[C@]34/C=N/O)[C@]1(O)CC[C@@H]2C1=COC(=O)C1. The zero-order valence-corrected chi connectivity index (χ0v) is 17.6. The number of carbonyl (C=O) groups is 1. The third-order valence-corrected chi connectivity index (χ3v) is 9.93. The number of oxime groups is 1. The molecule has 4 fully saturated rings. The van der Waals surface area contributed by atoms with Gasteiger partial charge in [0.1, 0.15) is 0 Å². The lowest BCUT2D eigenvalue weighted by Crippen LogP contribution is -2.68. The molecule has 0 unspecified atom stereocenters. The summed E-state index contributed by atoms with van der Waals surface area (Å²) in [5, 5.41) is 47.0. The Morgan fingerprint density at radius 2 is 1.87 bits per heavy atom. The average Bonchev–Trinajstić information content (AvgIpc) is 3.23. The van der Waals surface area contributed by atoms with E-state index in [0.717, 1.165) is 24.8 Å². The van der Waals surface area contributed by atoms with E-state index < -0.39 is 22.7 Å². The van der Waals surface area contributed by atoms with Crippen LogP contribution in [-0.2, 0) is 9.53 Å². The van der Waals surface area contributed by atoms with Gasteiger partial charge < -0.3 is 25.3 Å². The summed E-state index contributed by atoms with van der Waals surface area (Å²) < 4.78 is 5.10. The predicted molar refractivity (Wildman–Crippen MR) is 108 cm³/mol. The maximum atomic E-state index is 12.2. The van der Waals surface area contributed by atoms with E-state index in [1.54, 1.807) is 6.26 Å². The summed E-state index contributed by atoms with van der Waals surface area (Å²) in [4.78, 5) is 11.7. The van der Waals surface area contributed by atoms with Gasteiger partial charge in [0.05, 0.1) is 36.2 Å². The van der Waals surface area contributed by atoms with Crippen LogP contribution in [0.4, 0.5) is 0 Å². The van der Waals surface area contributed by atoms with Gasteiger partial charge >= 0.3 is 5.97 Å². The number of hydrogen-bond donors (Lipinski definition) is 4. The van der Waals surface area contributed by atoms with Crippen LogP contribution in [0.15, 0.2) is 17.0 Å². The van der Waals surface area contributed by atoms with E-state index in [-0.39, 0.29) is 35.6 Å². The summed E-state index contributed by atoms with van der Waals surface area (Å²) in [5.41, 5.74) is -2.11. The van der Waals surface area contributed by atoms with Crippen LogP contribution in [0.5, 0.6) is 0 Å². The van der Waals surface area contributed by atoms with Crippen LogP contribution in [0.3, 0.4) is 0 Å². The van der Waals surface area contributed by atoms with Gasteiger partial charge in [-0.15, -0.1) is 5.16 Å². The molecular formula is C23H33NO6. The summed E-state index contributed by atoms with van der Waals surface area (Å²) >= 11 is 0. The molecule has 0 saturated heterocycles. The van der Waals surface area contributed by atoms with Gasteiger partial charge in [-0.3, -0.25) is 4.79 Å². The van der Waals surface area contributed by atoms with E-state index >= 15 is 0 Å². The van der Waals surface area contributed by atoms with Crippen molar-refractivity contribution in [3.63, 3.8) is 0 Å². The van der Waals surface area contributed by atoms with Gasteiger partial charge in [-0.05, 0) is 74.7 Å². The molecule has 8 atom stereocenters. The summed E-state index contributed by atoms with van der Waals surface area (Å²) in [7, 11) is 0. The highest BCUT2D eigenvalue weighted by Gasteiger charge is 2.71. The van der Waals surface area contributed by atoms with E-state index in [2.05, 4.69) is 12.1 Å². The van der Waals surface area contributed by atoms with Crippen molar-refractivity contribution in [2.24, 2.45) is 33.7 Å². The van der Waals surface area contributed by atoms with E-state index in [0.29, 0.717) is 38.5 Å². The number of aliphatic hydroxyl groups excluding tert-OH is 1. The zero-order chi connectivity index (χ0) is 21.4. The molecule has 7 nitrogen and oxygen atoms in total. The first-order valence-corrected chi connectivity index (χ1v) is 11.4. The number of esters is 1. The van der Waals surface area contributed by atoms with Crippen molar-refractivity contribution in [2.75, 3.05) is 0 Å². The average molecular weight is 420 g/mol. The fraction of sp³-hybridized carbons (Fsp3) is 0.826. The number of ether oxygens (including phenoxy) is 1. The summed E-state index contributed by atoms with van der Waals surface area (Å²) in [6.45, 7) is 2.16. The third kappa shape index (κ3) is 2.43. The first-order chi connectivity index (χ1) is 14.2. The fourth-order valence-corrected chi connectivity index (χ4v) is 8.47. The topological polar surface area (TPSA) is 120 Å². The van der Waals surface area contributed by atoms with E-state index in [4.69, 9.17) is 4.74 Å². The molecule has 0 bridgehead atoms. The molecule has 0 radical (unpaired) electrons. The van der Waals surface area contributed by atoms with Crippen LogP contribution in [0.25, 0.3) is 0 Å². The lowest BCUT2D eigenvalue weighted by Gasteiger charge is -2.65. The Balaban J connectivity index is 1.52. The molecule has 166 valence electrons. The maximum absolute atomic E-state index is 12.2. The minimum atomic E-state index is -1.12. The van der Waals surface area contributed by atoms with Crippen LogP contribution in [-0.4, -0.2) is 50.0 Å². The van der Waals surface area contributed by atoms with Crippen molar-refractivity contribution in [3.05, 3.63) is 11.8 Å². The van der Waals surface area contributed by atoms with Crippen LogP contribution in [0, 0.1) is 28.6 Å². The Labute approximate surface area is 176 Å². The fourth-order valence-electron chi connectivity index (χ4n) is 8.47. The van der Waals surface area contributed by atoms with E-state index in [1.807, 2.05) is 0 Å². The molecule has 0 aromatic rings. The maximum Gasteiger partial charge on any atom is 0.314 e. The molecule has 0 aromatic carbocycles. The van der Waals surface area contributed by atoms with Crippen molar-refractivity contribution < 1.29 is 30.1 Å². The number of nitrogens with zero attached hydrogens (tertiary/aromatic N) is 1. The smallest absolute Gasteiger partial charge is 0.314 e. The molecule has 4 aliphatic carbocycles. The second-order valence-electron chi connectivity index (χ2n) is 10.8. The van der Waals surface area contributed by atoms with Crippen molar-refractivity contribution >= 4 is 12.2 Å². The highest BCUT2D eigenvalue weighted by molar-refractivity contribution is 5.76. The van der Waals surface area contributed by atoms with Gasteiger partial charge in [0.25, 0.3) is 0 Å². The van der Waals surface area contributed by atoms with Crippen LogP contribution >= 0.6 is 0 Å². The Bertz CT molecular complexity index is 812. The number of aliphatic hydroxyl groups is 3. The normalized spacial score (nSPS) is 53.1. The van der Waals surface area contributed by atoms with Gasteiger partial charge in [0.2, 0.25) is 0 Å². The van der Waals surface area contributed by atoms with Crippen molar-refractivity contribution in [3.8, 4) is 0 Å². The number of fused-ring (bicyclic) bond motifs is 5. The Morgan fingerprint density at radius 1 is 1.10 bits per heavy atom. The molecule has 7 heteroatoms. The van der Waals surface area contributed by atoms with Crippen LogP contribution < -0.4 is 0 Å². The Hall–Kier alpha value is -1.44. The van der Waals surface area contributed by atoms with Crippen LogP contribution in [0.1, 0.15) is 71.1 Å². The van der Waals surface area contributed by atoms with Gasteiger partial charge in [-0.25, -0.2) is 0 Å². The highest BCUT2D eigenvalue weighted by atomic mass is 16.5. The predicted octanol–water partition coefficient (Wildman–Crippen LogP) is 2.51. The zero-order valence-electron chi connectivity index (χ0n) is 17.6. The minimum absolute atomic E-state index is 0.00749. The number of hydrogen-bond acceptors (Lipinski definition) is 7. The molecule has 0 amide bonds. The van der Waals surface area contributed by atoms with Crippen LogP contribution in [0.2, 0.25) is 0 Å². The first kappa shape index (κ1) is 20.5. The van der Waals surface area contributed by atoms with E-state index in [1.165, 1.54) is 6.21 Å². The number of rotatable bonds is 2. The quantitative estimate of drug-likeness (QED) is 0.236. The summed E-state index contributed by atoms with van der Waals surface area (Å²) in [5.74, 6) is -0.133. The summed E-state index contributed by atoms with van der Waals surface area (Å²) in [6, 6.07) is 0. The molecule has 1 aliphatic heterocycles. The lowest BCUT2D eigenvalue weighted by molar-refractivity contribution is -0.237. The molecule has 5 rings (SSSR count). The van der Waals surface area contributed by atoms with Crippen molar-refractivity contribution in [1.29, 1.82) is 0 Å². The van der Waals surface area contributed by atoms with Gasteiger partial charge in [-0.2, -0.15) is 0 Å². The Kier molecular flexibility index (Phi) is 4.45. The van der Waals surface area contributed by atoms with Gasteiger partial charge in [0, 0.05) is 17.3 Å². The molecule has 4 saturated carbocycles. The van der Waals surface area contributed by atoms with Gasteiger partial charge in [0.15, 0.2) is 0 Å². The molecule has 1 heterocycles. The second-order valence-corrected chi connectivity index (χ2v) is 10.8. The molecule has 5 aliphatic rings. The first-order valence-electron chi connectivity index (χ1n) is 11.4. The molecule has 30 heavy (non-hydrogen) atoms. The third-order valence-electron chi connectivity index (χ3n) is 9.93. The standard InChI is InChI=1S/C23H33NO6/c1-20-6-3-17-18(23(20,28)9-5-16(20)14-10-19(26)30-12-14)4-8-22(27)11-15(25)2-7-21(17,22)13-24-29/h12-13,15-18,25,27-29H,2-11H2,1H3/b24-13+/t15-,16+,17-,18+,20+,21-,22-,23+/m0/s1. The lowest BCUT2D eigenvalue weighted by atomic mass is 9.41. The highest BCUT2D eigenvalue weighted by Crippen LogP contribution is 2.70. The minimum Gasteiger partial charge on any atom is -0.434 e. The second kappa shape index (κ2) is 6.53. The van der Waals surface area contributed by atoms with Crippen molar-refractivity contribution in [1.82, 2.24) is 0 Å². The molecule has 4 N–H and O–H groups in total. The monoisotopic (exact) mass is 419 g/mol. The van der Waals surface area contributed by atoms with Gasteiger partial charge in [-0.1, -0.05) is 6.92 Å². The largest absolute Gasteiger partial charge is 0.434 e. The van der Waals surface area contributed by atoms with Crippen molar-refractivity contribution in [2.45, 2.75) is 88.4 Å². The van der Waals surface area contributed by atoms with E-state index in [9.17, 15) is 25.3 Å². The Morgan fingerprint density at radius 3 is 2.57 bits per heavy atom. The summed E-state index contributed by atoms with van der Waals surface area (Å²) in [6.07, 6.45) is 8.50. The molecule has 0 aromatic heterocycles. The number of carbonyl (C=O) groups excluding carboxylic acids is 1.